The van der Waals surface area contributed by atoms with Crippen LogP contribution in [0.3, 0.4) is 0 Å². The molecule has 0 bridgehead atoms. The molecule has 1 saturated carbocycles. The first kappa shape index (κ1) is 25.0. The third kappa shape index (κ3) is 5.52. The zero-order valence-corrected chi connectivity index (χ0v) is 21.2. The lowest BCUT2D eigenvalue weighted by Crippen LogP contribution is -2.49. The number of carbonyl (C=O) groups excluding carboxylic acids is 1. The predicted molar refractivity (Wildman–Crippen MR) is 136 cm³/mol. The van der Waals surface area contributed by atoms with E-state index in [1.807, 2.05) is 6.92 Å². The molecule has 1 aliphatic carbocycles. The third-order valence-electron chi connectivity index (χ3n) is 6.43. The molecule has 3 aromatic rings. The smallest absolute Gasteiger partial charge is 0.237 e. The number of hydrogen-bond acceptors (Lipinski definition) is 10. The van der Waals surface area contributed by atoms with Gasteiger partial charge in [-0.25, -0.2) is 23.4 Å². The summed E-state index contributed by atoms with van der Waals surface area (Å²) < 4.78 is 32.7. The molecule has 0 unspecified atom stereocenters. The number of sulfonamides is 1. The molecule has 4 heterocycles. The largest absolute Gasteiger partial charge is 0.477 e. The second-order valence-electron chi connectivity index (χ2n) is 9.03. The highest BCUT2D eigenvalue weighted by Gasteiger charge is 2.43. The maximum atomic E-state index is 13.7. The Morgan fingerprint density at radius 1 is 1.05 bits per heavy atom. The molecule has 194 valence electrons. The summed E-state index contributed by atoms with van der Waals surface area (Å²) in [4.78, 5) is 35.3. The molecule has 1 amide bonds. The quantitative estimate of drug-likeness (QED) is 0.377. The van der Waals surface area contributed by atoms with E-state index in [1.54, 1.807) is 30.7 Å². The molecule has 1 saturated heterocycles. The summed E-state index contributed by atoms with van der Waals surface area (Å²) in [6.45, 7) is 3.57. The van der Waals surface area contributed by atoms with E-state index in [0.29, 0.717) is 68.5 Å². The summed E-state index contributed by atoms with van der Waals surface area (Å²) in [5.74, 6) is 0.643. The van der Waals surface area contributed by atoms with Crippen LogP contribution in [0.1, 0.15) is 38.3 Å². The minimum atomic E-state index is -3.50. The van der Waals surface area contributed by atoms with Crippen molar-refractivity contribution in [1.29, 1.82) is 0 Å². The first-order chi connectivity index (χ1) is 17.9. The van der Waals surface area contributed by atoms with Crippen molar-refractivity contribution in [3.8, 4) is 17.1 Å². The van der Waals surface area contributed by atoms with Gasteiger partial charge < -0.3 is 15.4 Å². The Hall–Kier alpha value is -3.71. The average molecular weight is 525 g/mol. The minimum Gasteiger partial charge on any atom is -0.477 e. The van der Waals surface area contributed by atoms with Gasteiger partial charge in [-0.05, 0) is 57.8 Å². The topological polar surface area (TPSA) is 161 Å². The number of aromatic nitrogens is 5. The Bertz CT molecular complexity index is 1370. The van der Waals surface area contributed by atoms with Crippen molar-refractivity contribution in [3.05, 3.63) is 48.8 Å². The van der Waals surface area contributed by atoms with Gasteiger partial charge in [0.05, 0.1) is 47.3 Å². The number of hydrogen-bond donors (Lipinski definition) is 3. The van der Waals surface area contributed by atoms with Crippen LogP contribution in [0.25, 0.3) is 11.3 Å². The second-order valence-corrected chi connectivity index (χ2v) is 11.0. The molecule has 0 aromatic carbocycles. The number of pyridine rings is 1. The number of carbonyl (C=O) groups is 1. The highest BCUT2D eigenvalue weighted by atomic mass is 32.2. The molecule has 37 heavy (non-hydrogen) atoms. The number of rotatable bonds is 9. The van der Waals surface area contributed by atoms with Gasteiger partial charge >= 0.3 is 0 Å². The maximum absolute atomic E-state index is 13.7. The van der Waals surface area contributed by atoms with Crippen LogP contribution >= 0.6 is 0 Å². The van der Waals surface area contributed by atoms with Crippen LogP contribution in [0.15, 0.2) is 43.1 Å². The molecular weight excluding hydrogens is 496 g/mol. The van der Waals surface area contributed by atoms with Gasteiger partial charge in [-0.2, -0.15) is 0 Å². The van der Waals surface area contributed by atoms with E-state index in [4.69, 9.17) is 4.74 Å². The van der Waals surface area contributed by atoms with E-state index in [2.05, 4.69) is 40.3 Å². The standard InChI is InChI=1S/C24H28N8O4S/c1-2-36-22-15-26-12-18(29-22)16-3-6-20(28-11-16)31-23(33)24(7-9-25-10-8-24)19-13-27-14-21(30-19)32-37(34,35)17-4-5-17/h3,6,11-15,17,25H,2,4-5,7-10H2,1H3,(H,30,32)(H,28,31,33). The number of nitrogens with zero attached hydrogens (tertiary/aromatic N) is 5. The molecule has 0 atom stereocenters. The zero-order valence-electron chi connectivity index (χ0n) is 20.3. The van der Waals surface area contributed by atoms with Crippen molar-refractivity contribution in [2.24, 2.45) is 0 Å². The summed E-state index contributed by atoms with van der Waals surface area (Å²) in [6.07, 6.45) is 9.88. The highest BCUT2D eigenvalue weighted by molar-refractivity contribution is 7.93. The monoisotopic (exact) mass is 524 g/mol. The van der Waals surface area contributed by atoms with Crippen LogP contribution in [0.4, 0.5) is 11.6 Å². The lowest BCUT2D eigenvalue weighted by atomic mass is 9.75. The molecule has 0 spiro atoms. The zero-order chi connectivity index (χ0) is 25.9. The average Bonchev–Trinajstić information content (AvgIpc) is 3.77. The fourth-order valence-corrected chi connectivity index (χ4v) is 5.58. The number of nitrogens with one attached hydrogen (secondary N) is 3. The van der Waals surface area contributed by atoms with Crippen LogP contribution in [0.5, 0.6) is 5.88 Å². The van der Waals surface area contributed by atoms with E-state index >= 15 is 0 Å². The van der Waals surface area contributed by atoms with Crippen molar-refractivity contribution in [2.45, 2.75) is 43.3 Å². The Balaban J connectivity index is 1.36. The first-order valence-corrected chi connectivity index (χ1v) is 13.7. The van der Waals surface area contributed by atoms with E-state index in [0.717, 1.165) is 5.56 Å². The maximum Gasteiger partial charge on any atom is 0.237 e. The van der Waals surface area contributed by atoms with Crippen LogP contribution in [0.2, 0.25) is 0 Å². The lowest BCUT2D eigenvalue weighted by molar-refractivity contribution is -0.122. The first-order valence-electron chi connectivity index (χ1n) is 12.2. The van der Waals surface area contributed by atoms with E-state index in [9.17, 15) is 13.2 Å². The lowest BCUT2D eigenvalue weighted by Gasteiger charge is -2.35. The Kier molecular flexibility index (Phi) is 6.98. The summed E-state index contributed by atoms with van der Waals surface area (Å²) in [5.41, 5.74) is 0.760. The molecule has 3 aromatic heterocycles. The Morgan fingerprint density at radius 3 is 2.54 bits per heavy atom. The van der Waals surface area contributed by atoms with Crippen LogP contribution in [0, 0.1) is 0 Å². The number of ether oxygens (including phenoxy) is 1. The van der Waals surface area contributed by atoms with Crippen molar-refractivity contribution in [3.63, 3.8) is 0 Å². The second kappa shape index (κ2) is 10.3. The Labute approximate surface area is 214 Å². The van der Waals surface area contributed by atoms with Gasteiger partial charge in [-0.1, -0.05) is 0 Å². The molecule has 13 heteroatoms. The molecule has 12 nitrogen and oxygen atoms in total. The molecule has 1 aliphatic heterocycles. The van der Waals surface area contributed by atoms with Gasteiger partial charge in [0, 0.05) is 18.0 Å². The van der Waals surface area contributed by atoms with E-state index < -0.39 is 20.7 Å². The van der Waals surface area contributed by atoms with Crippen LogP contribution in [-0.2, 0) is 20.2 Å². The number of amides is 1. The number of anilines is 2. The number of piperidine rings is 1. The van der Waals surface area contributed by atoms with Gasteiger partial charge in [-0.3, -0.25) is 19.5 Å². The van der Waals surface area contributed by atoms with Crippen molar-refractivity contribution in [1.82, 2.24) is 30.2 Å². The van der Waals surface area contributed by atoms with Gasteiger partial charge in [0.2, 0.25) is 21.8 Å². The van der Waals surface area contributed by atoms with Gasteiger partial charge in [0.25, 0.3) is 0 Å². The molecule has 2 fully saturated rings. The van der Waals surface area contributed by atoms with Crippen LogP contribution in [-0.4, -0.2) is 64.2 Å². The molecule has 5 rings (SSSR count). The summed E-state index contributed by atoms with van der Waals surface area (Å²) in [5, 5.41) is 5.78. The molecule has 0 radical (unpaired) electrons. The molecule has 3 N–H and O–H groups in total. The summed E-state index contributed by atoms with van der Waals surface area (Å²) in [6, 6.07) is 3.49. The summed E-state index contributed by atoms with van der Waals surface area (Å²) >= 11 is 0. The van der Waals surface area contributed by atoms with Gasteiger partial charge in [0.1, 0.15) is 5.82 Å². The fourth-order valence-electron chi connectivity index (χ4n) is 4.27. The van der Waals surface area contributed by atoms with E-state index in [1.165, 1.54) is 12.4 Å². The molecule has 2 aliphatic rings. The minimum absolute atomic E-state index is 0.118. The van der Waals surface area contributed by atoms with E-state index in [-0.39, 0.29) is 11.7 Å². The highest BCUT2D eigenvalue weighted by Crippen LogP contribution is 2.35. The normalized spacial score (nSPS) is 17.1. The fraction of sp³-hybridized carbons (Fsp3) is 0.417. The van der Waals surface area contributed by atoms with Gasteiger partial charge in [0.15, 0.2) is 5.82 Å². The van der Waals surface area contributed by atoms with Gasteiger partial charge in [-0.15, -0.1) is 0 Å². The molecular formula is C24H28N8O4S. The Morgan fingerprint density at radius 2 is 1.84 bits per heavy atom. The third-order valence-corrected chi connectivity index (χ3v) is 8.27. The van der Waals surface area contributed by atoms with Crippen molar-refractivity contribution < 1.29 is 17.9 Å². The van der Waals surface area contributed by atoms with Crippen LogP contribution < -0.4 is 20.1 Å². The van der Waals surface area contributed by atoms with Crippen molar-refractivity contribution in [2.75, 3.05) is 29.7 Å². The van der Waals surface area contributed by atoms with Crippen molar-refractivity contribution >= 4 is 27.6 Å². The predicted octanol–water partition coefficient (Wildman–Crippen LogP) is 1.89. The SMILES string of the molecule is CCOc1cncc(-c2ccc(NC(=O)C3(c4cncc(NS(=O)(=O)C5CC5)n4)CCNCC3)nc2)n1. The summed E-state index contributed by atoms with van der Waals surface area (Å²) in [7, 11) is -3.50.